The molecule has 0 bridgehead atoms. The van der Waals surface area contributed by atoms with Crippen LogP contribution in [-0.2, 0) is 19.0 Å². The summed E-state index contributed by atoms with van der Waals surface area (Å²) in [5.41, 5.74) is 0. The summed E-state index contributed by atoms with van der Waals surface area (Å²) in [6, 6.07) is 0. The molecule has 1 aliphatic heterocycles. The van der Waals surface area contributed by atoms with Crippen LogP contribution in [0.1, 0.15) is 13.8 Å². The normalized spacial score (nSPS) is 27.4. The Labute approximate surface area is 90.2 Å². The molecule has 1 rings (SSSR count). The van der Waals surface area contributed by atoms with Crippen molar-refractivity contribution in [1.82, 2.24) is 0 Å². The SMILES string of the molecule is CCOC(=O)C(C)[C@H]1C=C[C@@H](OC)OC1. The van der Waals surface area contributed by atoms with Crippen molar-refractivity contribution in [3.05, 3.63) is 12.2 Å². The third kappa shape index (κ3) is 3.32. The number of hydrogen-bond donors (Lipinski definition) is 0. The molecule has 3 atom stereocenters. The molecule has 0 aromatic rings. The second-order valence-electron chi connectivity index (χ2n) is 3.53. The average molecular weight is 214 g/mol. The van der Waals surface area contributed by atoms with Crippen LogP contribution in [0.15, 0.2) is 12.2 Å². The van der Waals surface area contributed by atoms with Crippen molar-refractivity contribution >= 4 is 5.97 Å². The van der Waals surface area contributed by atoms with E-state index in [2.05, 4.69) is 0 Å². The first-order valence-electron chi connectivity index (χ1n) is 5.18. The van der Waals surface area contributed by atoms with Gasteiger partial charge in [0.05, 0.1) is 19.1 Å². The molecule has 0 aliphatic carbocycles. The zero-order valence-electron chi connectivity index (χ0n) is 9.43. The summed E-state index contributed by atoms with van der Waals surface area (Å²) >= 11 is 0. The Balaban J connectivity index is 2.48. The highest BCUT2D eigenvalue weighted by molar-refractivity contribution is 5.72. The van der Waals surface area contributed by atoms with E-state index >= 15 is 0 Å². The van der Waals surface area contributed by atoms with E-state index in [9.17, 15) is 4.79 Å². The largest absolute Gasteiger partial charge is 0.466 e. The van der Waals surface area contributed by atoms with Crippen molar-refractivity contribution in [2.24, 2.45) is 11.8 Å². The van der Waals surface area contributed by atoms with Crippen LogP contribution in [-0.4, -0.2) is 32.6 Å². The maximum atomic E-state index is 11.5. The van der Waals surface area contributed by atoms with Crippen LogP contribution in [0.3, 0.4) is 0 Å². The van der Waals surface area contributed by atoms with Gasteiger partial charge in [0.2, 0.25) is 0 Å². The predicted molar refractivity (Wildman–Crippen MR) is 55.2 cm³/mol. The van der Waals surface area contributed by atoms with E-state index in [1.165, 1.54) is 0 Å². The van der Waals surface area contributed by atoms with Gasteiger partial charge in [0.15, 0.2) is 6.29 Å². The fourth-order valence-corrected chi connectivity index (χ4v) is 1.46. The number of rotatable bonds is 4. The van der Waals surface area contributed by atoms with Crippen molar-refractivity contribution in [2.45, 2.75) is 20.1 Å². The van der Waals surface area contributed by atoms with Gasteiger partial charge in [-0.1, -0.05) is 13.0 Å². The van der Waals surface area contributed by atoms with Gasteiger partial charge in [-0.3, -0.25) is 4.79 Å². The van der Waals surface area contributed by atoms with Gasteiger partial charge >= 0.3 is 5.97 Å². The van der Waals surface area contributed by atoms with Gasteiger partial charge in [-0.15, -0.1) is 0 Å². The fourth-order valence-electron chi connectivity index (χ4n) is 1.46. The van der Waals surface area contributed by atoms with Crippen LogP contribution < -0.4 is 0 Å². The molecule has 0 amide bonds. The molecule has 0 saturated heterocycles. The zero-order chi connectivity index (χ0) is 11.3. The van der Waals surface area contributed by atoms with Gasteiger partial charge in [0.1, 0.15) is 0 Å². The standard InChI is InChI=1S/C11H18O4/c1-4-14-11(12)8(2)9-5-6-10(13-3)15-7-9/h5-6,8-10H,4,7H2,1-3H3/t8?,9-,10-/m0/s1. The molecule has 0 saturated carbocycles. The summed E-state index contributed by atoms with van der Waals surface area (Å²) in [4.78, 5) is 11.5. The first kappa shape index (κ1) is 12.2. The Morgan fingerprint density at radius 3 is 2.80 bits per heavy atom. The molecule has 0 fully saturated rings. The quantitative estimate of drug-likeness (QED) is 0.523. The molecule has 4 nitrogen and oxygen atoms in total. The summed E-state index contributed by atoms with van der Waals surface area (Å²) in [7, 11) is 1.59. The number of ether oxygens (including phenoxy) is 3. The zero-order valence-corrected chi connectivity index (χ0v) is 9.43. The van der Waals surface area contributed by atoms with Crippen LogP contribution in [0, 0.1) is 11.8 Å². The Hall–Kier alpha value is -0.870. The number of methoxy groups -OCH3 is 1. The summed E-state index contributed by atoms with van der Waals surface area (Å²) in [5.74, 6) is -0.263. The molecule has 1 aliphatic rings. The summed E-state index contributed by atoms with van der Waals surface area (Å²) in [6.07, 6.45) is 3.50. The molecule has 0 radical (unpaired) electrons. The minimum atomic E-state index is -0.282. The first-order valence-corrected chi connectivity index (χ1v) is 5.18. The fraction of sp³-hybridized carbons (Fsp3) is 0.727. The Morgan fingerprint density at radius 1 is 1.60 bits per heavy atom. The second-order valence-corrected chi connectivity index (χ2v) is 3.53. The second kappa shape index (κ2) is 5.88. The van der Waals surface area contributed by atoms with Gasteiger partial charge in [-0.25, -0.2) is 0 Å². The lowest BCUT2D eigenvalue weighted by molar-refractivity contribution is -0.152. The van der Waals surface area contributed by atoms with Crippen LogP contribution >= 0.6 is 0 Å². The Bertz CT molecular complexity index is 237. The molecule has 0 N–H and O–H groups in total. The van der Waals surface area contributed by atoms with Gasteiger partial charge in [-0.05, 0) is 13.0 Å². The Morgan fingerprint density at radius 2 is 2.33 bits per heavy atom. The summed E-state index contributed by atoms with van der Waals surface area (Å²) < 4.78 is 15.3. The third-order valence-electron chi connectivity index (χ3n) is 2.50. The highest BCUT2D eigenvalue weighted by Crippen LogP contribution is 2.20. The first-order chi connectivity index (χ1) is 7.19. The molecule has 1 unspecified atom stereocenters. The van der Waals surface area contributed by atoms with Gasteiger partial charge in [-0.2, -0.15) is 0 Å². The van der Waals surface area contributed by atoms with Crippen molar-refractivity contribution in [1.29, 1.82) is 0 Å². The van der Waals surface area contributed by atoms with E-state index in [0.717, 1.165) is 0 Å². The lowest BCUT2D eigenvalue weighted by Crippen LogP contribution is -2.30. The van der Waals surface area contributed by atoms with Crippen molar-refractivity contribution in [2.75, 3.05) is 20.3 Å². The maximum absolute atomic E-state index is 11.5. The monoisotopic (exact) mass is 214 g/mol. The molecule has 1 heterocycles. The minimum absolute atomic E-state index is 0.0791. The van der Waals surface area contributed by atoms with Gasteiger partial charge in [0, 0.05) is 13.0 Å². The van der Waals surface area contributed by atoms with E-state index in [-0.39, 0.29) is 24.1 Å². The van der Waals surface area contributed by atoms with E-state index < -0.39 is 0 Å². The molecule has 86 valence electrons. The van der Waals surface area contributed by atoms with Crippen LogP contribution in [0.4, 0.5) is 0 Å². The van der Waals surface area contributed by atoms with Crippen LogP contribution in [0.2, 0.25) is 0 Å². The molecule has 0 aromatic carbocycles. The predicted octanol–water partition coefficient (Wildman–Crippen LogP) is 1.36. The smallest absolute Gasteiger partial charge is 0.309 e. The molecule has 0 aromatic heterocycles. The number of esters is 1. The minimum Gasteiger partial charge on any atom is -0.466 e. The summed E-state index contributed by atoms with van der Waals surface area (Å²) in [6.45, 7) is 4.57. The number of hydrogen-bond acceptors (Lipinski definition) is 4. The number of carbonyl (C=O) groups is 1. The maximum Gasteiger partial charge on any atom is 0.309 e. The lowest BCUT2D eigenvalue weighted by Gasteiger charge is -2.25. The van der Waals surface area contributed by atoms with Crippen LogP contribution in [0.25, 0.3) is 0 Å². The van der Waals surface area contributed by atoms with Crippen molar-refractivity contribution in [3.63, 3.8) is 0 Å². The van der Waals surface area contributed by atoms with E-state index in [1.807, 2.05) is 19.1 Å². The topological polar surface area (TPSA) is 44.8 Å². The van der Waals surface area contributed by atoms with E-state index in [1.54, 1.807) is 14.0 Å². The molecule has 4 heteroatoms. The van der Waals surface area contributed by atoms with E-state index in [0.29, 0.717) is 13.2 Å². The third-order valence-corrected chi connectivity index (χ3v) is 2.50. The highest BCUT2D eigenvalue weighted by Gasteiger charge is 2.26. The van der Waals surface area contributed by atoms with Crippen LogP contribution in [0.5, 0.6) is 0 Å². The molecular weight excluding hydrogens is 196 g/mol. The Kier molecular flexibility index (Phi) is 4.78. The molecule has 15 heavy (non-hydrogen) atoms. The van der Waals surface area contributed by atoms with E-state index in [4.69, 9.17) is 14.2 Å². The van der Waals surface area contributed by atoms with Crippen molar-refractivity contribution in [3.8, 4) is 0 Å². The van der Waals surface area contributed by atoms with Gasteiger partial charge < -0.3 is 14.2 Å². The van der Waals surface area contributed by atoms with Crippen molar-refractivity contribution < 1.29 is 19.0 Å². The highest BCUT2D eigenvalue weighted by atomic mass is 16.7. The number of carbonyl (C=O) groups excluding carboxylic acids is 1. The lowest BCUT2D eigenvalue weighted by atomic mass is 9.93. The molecule has 0 spiro atoms. The van der Waals surface area contributed by atoms with Gasteiger partial charge in [0.25, 0.3) is 0 Å². The summed E-state index contributed by atoms with van der Waals surface area (Å²) in [5, 5.41) is 0. The molecular formula is C11H18O4. The average Bonchev–Trinajstić information content (AvgIpc) is 2.28.